The molecule has 0 spiro atoms. The molecular formula is C7H6NO2. The van der Waals surface area contributed by atoms with Gasteiger partial charge in [-0.1, -0.05) is 12.1 Å². The van der Waals surface area contributed by atoms with E-state index in [2.05, 4.69) is 0 Å². The zero-order chi connectivity index (χ0) is 7.56. The standard InChI is InChI=1S/C7H6NO2/c8-7(10)5-3-1-2-4-6(5)9/h1-4H,(H2,8,10). The smallest absolute Gasteiger partial charge is 0.252 e. The minimum atomic E-state index is -0.675. The van der Waals surface area contributed by atoms with Gasteiger partial charge in [-0.15, -0.1) is 0 Å². The van der Waals surface area contributed by atoms with Crippen LogP contribution >= 0.6 is 0 Å². The summed E-state index contributed by atoms with van der Waals surface area (Å²) >= 11 is 0. The van der Waals surface area contributed by atoms with Crippen molar-refractivity contribution < 1.29 is 9.90 Å². The van der Waals surface area contributed by atoms with Gasteiger partial charge >= 0.3 is 0 Å². The molecule has 0 atom stereocenters. The average Bonchev–Trinajstić information content (AvgIpc) is 1.88. The van der Waals surface area contributed by atoms with E-state index < -0.39 is 5.91 Å². The molecular weight excluding hydrogens is 130 g/mol. The van der Waals surface area contributed by atoms with E-state index in [1.807, 2.05) is 0 Å². The number of para-hydroxylation sites is 1. The minimum absolute atomic E-state index is 0.0440. The first-order chi connectivity index (χ1) is 4.72. The van der Waals surface area contributed by atoms with Gasteiger partial charge in [0, 0.05) is 0 Å². The lowest BCUT2D eigenvalue weighted by molar-refractivity contribution is 0.0996. The van der Waals surface area contributed by atoms with E-state index in [9.17, 15) is 9.90 Å². The molecule has 0 aliphatic heterocycles. The third-order valence-electron chi connectivity index (χ3n) is 1.15. The van der Waals surface area contributed by atoms with Crippen LogP contribution in [0.2, 0.25) is 0 Å². The summed E-state index contributed by atoms with van der Waals surface area (Å²) in [6.07, 6.45) is 0. The Hall–Kier alpha value is -1.51. The number of hydrogen-bond acceptors (Lipinski definition) is 1. The summed E-state index contributed by atoms with van der Waals surface area (Å²) in [4.78, 5) is 10.4. The third-order valence-corrected chi connectivity index (χ3v) is 1.15. The number of amides is 1. The van der Waals surface area contributed by atoms with Crippen LogP contribution in [0.4, 0.5) is 0 Å². The number of benzene rings is 1. The maximum atomic E-state index is 10.8. The molecule has 1 radical (unpaired) electrons. The number of nitrogens with two attached hydrogens (primary N) is 1. The van der Waals surface area contributed by atoms with E-state index in [0.29, 0.717) is 0 Å². The molecule has 0 heterocycles. The van der Waals surface area contributed by atoms with Crippen LogP contribution < -0.4 is 5.73 Å². The van der Waals surface area contributed by atoms with Crippen molar-refractivity contribution in [3.05, 3.63) is 29.8 Å². The normalized spacial score (nSPS) is 9.20. The summed E-state index contributed by atoms with van der Waals surface area (Å²) in [5.41, 5.74) is 4.92. The van der Waals surface area contributed by atoms with Gasteiger partial charge < -0.3 is 5.73 Å². The molecule has 1 rings (SSSR count). The zero-order valence-corrected chi connectivity index (χ0v) is 5.20. The monoisotopic (exact) mass is 136 g/mol. The van der Waals surface area contributed by atoms with Crippen LogP contribution in [-0.4, -0.2) is 5.91 Å². The fourth-order valence-electron chi connectivity index (χ4n) is 0.670. The van der Waals surface area contributed by atoms with E-state index in [4.69, 9.17) is 5.73 Å². The average molecular weight is 136 g/mol. The predicted octanol–water partition coefficient (Wildman–Crippen LogP) is 0.929. The van der Waals surface area contributed by atoms with Crippen LogP contribution in [0.1, 0.15) is 10.4 Å². The molecule has 3 heteroatoms. The number of rotatable bonds is 1. The van der Waals surface area contributed by atoms with Gasteiger partial charge in [-0.05, 0) is 12.1 Å². The second-order valence-electron chi connectivity index (χ2n) is 1.86. The quantitative estimate of drug-likeness (QED) is 0.613. The Balaban J connectivity index is 3.15. The third kappa shape index (κ3) is 1.07. The Morgan fingerprint density at radius 3 is 2.30 bits per heavy atom. The van der Waals surface area contributed by atoms with E-state index in [0.717, 1.165) is 0 Å². The van der Waals surface area contributed by atoms with Crippen LogP contribution in [-0.2, 0) is 5.11 Å². The van der Waals surface area contributed by atoms with Crippen LogP contribution in [0.3, 0.4) is 0 Å². The second kappa shape index (κ2) is 2.39. The highest BCUT2D eigenvalue weighted by molar-refractivity contribution is 5.95. The van der Waals surface area contributed by atoms with Crippen LogP contribution in [0.25, 0.3) is 0 Å². The summed E-state index contributed by atoms with van der Waals surface area (Å²) < 4.78 is 0. The van der Waals surface area contributed by atoms with Gasteiger partial charge in [0.25, 0.3) is 5.91 Å². The molecule has 0 fully saturated rings. The molecule has 51 valence electrons. The summed E-state index contributed by atoms with van der Waals surface area (Å²) in [7, 11) is 0. The molecule has 0 saturated heterocycles. The number of carbonyl (C=O) groups is 1. The minimum Gasteiger partial charge on any atom is -0.365 e. The van der Waals surface area contributed by atoms with Crippen molar-refractivity contribution in [1.29, 1.82) is 0 Å². The Bertz CT molecular complexity index is 258. The van der Waals surface area contributed by atoms with Gasteiger partial charge in [0.15, 0.2) is 5.75 Å². The molecule has 1 aromatic carbocycles. The van der Waals surface area contributed by atoms with E-state index in [1.54, 1.807) is 12.1 Å². The van der Waals surface area contributed by atoms with Crippen LogP contribution in [0, 0.1) is 0 Å². The lowest BCUT2D eigenvalue weighted by Gasteiger charge is -1.93. The molecule has 1 aromatic rings. The van der Waals surface area contributed by atoms with Crippen molar-refractivity contribution in [2.24, 2.45) is 5.73 Å². The molecule has 0 aromatic heterocycles. The van der Waals surface area contributed by atoms with E-state index in [1.165, 1.54) is 12.1 Å². The topological polar surface area (TPSA) is 63.0 Å². The molecule has 0 aliphatic rings. The first-order valence-electron chi connectivity index (χ1n) is 2.77. The lowest BCUT2D eigenvalue weighted by Crippen LogP contribution is -2.10. The maximum absolute atomic E-state index is 10.8. The number of primary amides is 1. The molecule has 0 unspecified atom stereocenters. The van der Waals surface area contributed by atoms with Crippen molar-refractivity contribution in [3.8, 4) is 5.75 Å². The molecule has 2 N–H and O–H groups in total. The highest BCUT2D eigenvalue weighted by Gasteiger charge is 2.05. The van der Waals surface area contributed by atoms with Gasteiger partial charge in [0.2, 0.25) is 0 Å². The number of hydrogen-bond donors (Lipinski definition) is 1. The second-order valence-corrected chi connectivity index (χ2v) is 1.86. The SMILES string of the molecule is NC(=O)c1ccccc1[O]. The fraction of sp³-hybridized carbons (Fsp3) is 0. The Morgan fingerprint density at radius 2 is 1.90 bits per heavy atom. The summed E-state index contributed by atoms with van der Waals surface area (Å²) in [5, 5.41) is 10.8. The van der Waals surface area contributed by atoms with Crippen molar-refractivity contribution >= 4 is 5.91 Å². The Morgan fingerprint density at radius 1 is 1.30 bits per heavy atom. The summed E-state index contributed by atoms with van der Waals surface area (Å²) in [5.74, 6) is -0.999. The molecule has 0 aliphatic carbocycles. The molecule has 0 saturated carbocycles. The van der Waals surface area contributed by atoms with Crippen molar-refractivity contribution in [3.63, 3.8) is 0 Å². The Labute approximate surface area is 58.1 Å². The molecule has 1 amide bonds. The number of carbonyl (C=O) groups excluding carboxylic acids is 1. The summed E-state index contributed by atoms with van der Waals surface area (Å²) in [6, 6.07) is 5.88. The van der Waals surface area contributed by atoms with E-state index >= 15 is 0 Å². The van der Waals surface area contributed by atoms with Crippen molar-refractivity contribution in [2.75, 3.05) is 0 Å². The predicted molar refractivity (Wildman–Crippen MR) is 35.1 cm³/mol. The van der Waals surface area contributed by atoms with Crippen LogP contribution in [0.5, 0.6) is 5.75 Å². The first kappa shape index (κ1) is 6.61. The van der Waals surface area contributed by atoms with Gasteiger partial charge in [0.1, 0.15) is 0 Å². The molecule has 0 bridgehead atoms. The van der Waals surface area contributed by atoms with E-state index in [-0.39, 0.29) is 11.3 Å². The largest absolute Gasteiger partial charge is 0.365 e. The highest BCUT2D eigenvalue weighted by atomic mass is 16.3. The van der Waals surface area contributed by atoms with Crippen molar-refractivity contribution in [1.82, 2.24) is 0 Å². The highest BCUT2D eigenvalue weighted by Crippen LogP contribution is 2.14. The van der Waals surface area contributed by atoms with Gasteiger partial charge in [-0.25, -0.2) is 0 Å². The molecule has 3 nitrogen and oxygen atoms in total. The van der Waals surface area contributed by atoms with Crippen molar-refractivity contribution in [2.45, 2.75) is 0 Å². The van der Waals surface area contributed by atoms with Gasteiger partial charge in [0.05, 0.1) is 5.56 Å². The Kier molecular flexibility index (Phi) is 1.58. The molecule has 10 heavy (non-hydrogen) atoms. The zero-order valence-electron chi connectivity index (χ0n) is 5.20. The van der Waals surface area contributed by atoms with Crippen LogP contribution in [0.15, 0.2) is 24.3 Å². The summed E-state index contributed by atoms with van der Waals surface area (Å²) in [6.45, 7) is 0. The maximum Gasteiger partial charge on any atom is 0.252 e. The van der Waals surface area contributed by atoms with Gasteiger partial charge in [-0.2, -0.15) is 0 Å². The first-order valence-corrected chi connectivity index (χ1v) is 2.77. The fourth-order valence-corrected chi connectivity index (χ4v) is 0.670. The van der Waals surface area contributed by atoms with Gasteiger partial charge in [-0.3, -0.25) is 9.90 Å². The lowest BCUT2D eigenvalue weighted by atomic mass is 10.2.